The van der Waals surface area contributed by atoms with Crippen LogP contribution in [0.15, 0.2) is 42.6 Å². The van der Waals surface area contributed by atoms with Crippen LogP contribution in [-0.2, 0) is 11.3 Å². The van der Waals surface area contributed by atoms with Gasteiger partial charge < -0.3 is 25.4 Å². The Morgan fingerprint density at radius 2 is 1.93 bits per heavy atom. The number of aromatic carboxylic acids is 1. The highest BCUT2D eigenvalue weighted by atomic mass is 19.1. The summed E-state index contributed by atoms with van der Waals surface area (Å²) >= 11 is 0. The van der Waals surface area contributed by atoms with Gasteiger partial charge in [0.1, 0.15) is 18.3 Å². The number of amides is 1. The number of carbonyl (C=O) groups is 2. The van der Waals surface area contributed by atoms with E-state index < -0.39 is 35.8 Å². The van der Waals surface area contributed by atoms with Crippen molar-refractivity contribution in [3.63, 3.8) is 0 Å². The highest BCUT2D eigenvalue weighted by Gasteiger charge is 2.22. The second kappa shape index (κ2) is 9.60. The SMILES string of the molecule is O=C(NCCC(O)C(O)c1cnc(F)c(C(=O)O)c1)OCc1ccccc1. The van der Waals surface area contributed by atoms with E-state index in [1.165, 1.54) is 0 Å². The Hall–Kier alpha value is -3.04. The summed E-state index contributed by atoms with van der Waals surface area (Å²) in [6.45, 7) is 0.101. The van der Waals surface area contributed by atoms with Crippen molar-refractivity contribution in [3.05, 3.63) is 65.2 Å². The molecule has 4 N–H and O–H groups in total. The Balaban J connectivity index is 1.79. The summed E-state index contributed by atoms with van der Waals surface area (Å²) in [5, 5.41) is 31.3. The topological polar surface area (TPSA) is 129 Å². The molecule has 0 aliphatic heterocycles. The van der Waals surface area contributed by atoms with Gasteiger partial charge in [-0.1, -0.05) is 30.3 Å². The van der Waals surface area contributed by atoms with Gasteiger partial charge in [-0.05, 0) is 18.1 Å². The van der Waals surface area contributed by atoms with E-state index in [9.17, 15) is 24.2 Å². The molecule has 1 aromatic heterocycles. The Labute approximate surface area is 154 Å². The monoisotopic (exact) mass is 378 g/mol. The van der Waals surface area contributed by atoms with Gasteiger partial charge in [0.25, 0.3) is 0 Å². The zero-order chi connectivity index (χ0) is 19.8. The lowest BCUT2D eigenvalue weighted by Gasteiger charge is -2.18. The quantitative estimate of drug-likeness (QED) is 0.514. The lowest BCUT2D eigenvalue weighted by Crippen LogP contribution is -2.30. The summed E-state index contributed by atoms with van der Waals surface area (Å²) < 4.78 is 18.3. The number of rotatable bonds is 8. The van der Waals surface area contributed by atoms with Crippen molar-refractivity contribution in [2.75, 3.05) is 6.54 Å². The number of ether oxygens (including phenoxy) is 1. The Morgan fingerprint density at radius 3 is 2.59 bits per heavy atom. The molecule has 2 rings (SSSR count). The third-order valence-corrected chi connectivity index (χ3v) is 3.72. The van der Waals surface area contributed by atoms with E-state index in [1.54, 1.807) is 12.1 Å². The first kappa shape index (κ1) is 20.3. The molecule has 0 spiro atoms. The number of alkyl carbamates (subject to hydrolysis) is 1. The summed E-state index contributed by atoms with van der Waals surface area (Å²) in [5.41, 5.74) is 0.0653. The zero-order valence-electron chi connectivity index (χ0n) is 14.2. The fraction of sp³-hybridized carbons (Fsp3) is 0.278. The van der Waals surface area contributed by atoms with Crippen molar-refractivity contribution in [1.29, 1.82) is 0 Å². The van der Waals surface area contributed by atoms with Crippen LogP contribution in [-0.4, -0.2) is 45.0 Å². The molecule has 0 saturated carbocycles. The lowest BCUT2D eigenvalue weighted by molar-refractivity contribution is 0.0132. The van der Waals surface area contributed by atoms with Crippen LogP contribution < -0.4 is 5.32 Å². The highest BCUT2D eigenvalue weighted by molar-refractivity contribution is 5.87. The zero-order valence-corrected chi connectivity index (χ0v) is 14.2. The number of aromatic nitrogens is 1. The molecule has 2 aromatic rings. The van der Waals surface area contributed by atoms with Crippen LogP contribution in [0.5, 0.6) is 0 Å². The van der Waals surface area contributed by atoms with Gasteiger partial charge in [-0.2, -0.15) is 4.39 Å². The molecular formula is C18H19FN2O6. The average Bonchev–Trinajstić information content (AvgIpc) is 2.66. The molecule has 2 atom stereocenters. The van der Waals surface area contributed by atoms with Gasteiger partial charge in [0.05, 0.1) is 6.10 Å². The maximum atomic E-state index is 13.3. The molecule has 0 bridgehead atoms. The van der Waals surface area contributed by atoms with Gasteiger partial charge in [0.15, 0.2) is 0 Å². The van der Waals surface area contributed by atoms with Crippen LogP contribution in [0.3, 0.4) is 0 Å². The molecule has 1 aromatic carbocycles. The first-order valence-corrected chi connectivity index (χ1v) is 8.08. The number of aliphatic hydroxyl groups excluding tert-OH is 2. The van der Waals surface area contributed by atoms with Gasteiger partial charge >= 0.3 is 12.1 Å². The number of hydrogen-bond donors (Lipinski definition) is 4. The van der Waals surface area contributed by atoms with Crippen molar-refractivity contribution in [2.45, 2.75) is 25.2 Å². The normalized spacial score (nSPS) is 12.9. The molecule has 27 heavy (non-hydrogen) atoms. The van der Waals surface area contributed by atoms with Gasteiger partial charge in [-0.15, -0.1) is 0 Å². The number of carboxylic acid groups (broad SMARTS) is 1. The van der Waals surface area contributed by atoms with E-state index in [1.807, 2.05) is 18.2 Å². The van der Waals surface area contributed by atoms with E-state index in [0.29, 0.717) is 0 Å². The van der Waals surface area contributed by atoms with Gasteiger partial charge in [0, 0.05) is 18.3 Å². The minimum Gasteiger partial charge on any atom is -0.478 e. The third kappa shape index (κ3) is 6.01. The number of carboxylic acids is 1. The molecule has 8 nitrogen and oxygen atoms in total. The molecule has 9 heteroatoms. The number of carbonyl (C=O) groups excluding carboxylic acids is 1. The van der Waals surface area contributed by atoms with Crippen LogP contribution >= 0.6 is 0 Å². The molecule has 2 unspecified atom stereocenters. The molecule has 0 radical (unpaired) electrons. The Morgan fingerprint density at radius 1 is 1.22 bits per heavy atom. The fourth-order valence-electron chi connectivity index (χ4n) is 2.25. The van der Waals surface area contributed by atoms with Crippen molar-refractivity contribution < 1.29 is 34.0 Å². The summed E-state index contributed by atoms with van der Waals surface area (Å²) in [4.78, 5) is 25.7. The maximum Gasteiger partial charge on any atom is 0.407 e. The summed E-state index contributed by atoms with van der Waals surface area (Å²) in [6, 6.07) is 9.97. The third-order valence-electron chi connectivity index (χ3n) is 3.72. The summed E-state index contributed by atoms with van der Waals surface area (Å²) in [7, 11) is 0. The van der Waals surface area contributed by atoms with Gasteiger partial charge in [-0.3, -0.25) is 0 Å². The lowest BCUT2D eigenvalue weighted by atomic mass is 10.0. The van der Waals surface area contributed by atoms with Crippen LogP contribution in [0.1, 0.15) is 34.0 Å². The van der Waals surface area contributed by atoms with Crippen LogP contribution in [0.4, 0.5) is 9.18 Å². The van der Waals surface area contributed by atoms with Crippen molar-refractivity contribution in [2.24, 2.45) is 0 Å². The van der Waals surface area contributed by atoms with Crippen molar-refractivity contribution in [1.82, 2.24) is 10.3 Å². The second-order valence-electron chi connectivity index (χ2n) is 5.70. The van der Waals surface area contributed by atoms with E-state index >= 15 is 0 Å². The maximum absolute atomic E-state index is 13.3. The predicted molar refractivity (Wildman–Crippen MR) is 91.4 cm³/mol. The largest absolute Gasteiger partial charge is 0.478 e. The van der Waals surface area contributed by atoms with E-state index in [2.05, 4.69) is 10.3 Å². The minimum atomic E-state index is -1.54. The second-order valence-corrected chi connectivity index (χ2v) is 5.70. The molecule has 144 valence electrons. The highest BCUT2D eigenvalue weighted by Crippen LogP contribution is 2.20. The predicted octanol–water partition coefficient (Wildman–Crippen LogP) is 1.63. The standard InChI is InChI=1S/C18H19FN2O6/c19-16-13(17(24)25)8-12(9-21-16)15(23)14(22)6-7-20-18(26)27-10-11-4-2-1-3-5-11/h1-5,8-9,14-15,22-23H,6-7,10H2,(H,20,26)(H,24,25). The minimum absolute atomic E-state index is 0.00621. The molecular weight excluding hydrogens is 359 g/mol. The first-order chi connectivity index (χ1) is 12.9. The number of nitrogens with one attached hydrogen (secondary N) is 1. The van der Waals surface area contributed by atoms with E-state index in [0.717, 1.165) is 17.8 Å². The molecule has 1 heterocycles. The number of benzene rings is 1. The number of hydrogen-bond acceptors (Lipinski definition) is 6. The first-order valence-electron chi connectivity index (χ1n) is 8.08. The smallest absolute Gasteiger partial charge is 0.407 e. The number of nitrogens with zero attached hydrogens (tertiary/aromatic N) is 1. The Bertz CT molecular complexity index is 787. The van der Waals surface area contributed by atoms with E-state index in [-0.39, 0.29) is 25.1 Å². The number of aliphatic hydroxyl groups is 2. The Kier molecular flexibility index (Phi) is 7.21. The average molecular weight is 378 g/mol. The summed E-state index contributed by atoms with van der Waals surface area (Å²) in [6.07, 6.45) is -2.60. The fourth-order valence-corrected chi connectivity index (χ4v) is 2.25. The van der Waals surface area contributed by atoms with Crippen LogP contribution in [0.2, 0.25) is 0 Å². The van der Waals surface area contributed by atoms with Crippen molar-refractivity contribution in [3.8, 4) is 0 Å². The molecule has 0 saturated heterocycles. The van der Waals surface area contributed by atoms with Crippen molar-refractivity contribution >= 4 is 12.1 Å². The van der Waals surface area contributed by atoms with Crippen LogP contribution in [0, 0.1) is 5.95 Å². The summed E-state index contributed by atoms with van der Waals surface area (Å²) in [5.74, 6) is -2.72. The number of pyridine rings is 1. The van der Waals surface area contributed by atoms with Gasteiger partial charge in [-0.25, -0.2) is 14.6 Å². The molecule has 0 fully saturated rings. The van der Waals surface area contributed by atoms with Crippen LogP contribution in [0.25, 0.3) is 0 Å². The van der Waals surface area contributed by atoms with E-state index in [4.69, 9.17) is 9.84 Å². The molecule has 0 aliphatic carbocycles. The molecule has 0 aliphatic rings. The number of halogens is 1. The molecule has 1 amide bonds. The van der Waals surface area contributed by atoms with Gasteiger partial charge in [0.2, 0.25) is 5.95 Å².